The van der Waals surface area contributed by atoms with E-state index >= 15 is 0 Å². The van der Waals surface area contributed by atoms with Gasteiger partial charge in [-0.25, -0.2) is 0 Å². The van der Waals surface area contributed by atoms with Crippen LogP contribution in [0, 0.1) is 0 Å². The van der Waals surface area contributed by atoms with E-state index < -0.39 is 21.6 Å². The summed E-state index contributed by atoms with van der Waals surface area (Å²) in [6, 6.07) is 0. The Morgan fingerprint density at radius 3 is 1.55 bits per heavy atom. The molecule has 0 aliphatic rings. The molecule has 0 aromatic heterocycles. The van der Waals surface area contributed by atoms with Crippen molar-refractivity contribution < 1.29 is 8.42 Å². The SMILES string of the molecule is CCS(=O)CCCS(=O)CC. The van der Waals surface area contributed by atoms with Crippen LogP contribution in [0.1, 0.15) is 20.3 Å². The molecule has 0 N–H and O–H groups in total. The molecule has 11 heavy (non-hydrogen) atoms. The van der Waals surface area contributed by atoms with Crippen LogP contribution < -0.4 is 0 Å². The van der Waals surface area contributed by atoms with Gasteiger partial charge in [0.15, 0.2) is 0 Å². The maximum Gasteiger partial charge on any atom is 0.0243 e. The third kappa shape index (κ3) is 6.69. The summed E-state index contributed by atoms with van der Waals surface area (Å²) in [4.78, 5) is 0. The topological polar surface area (TPSA) is 34.1 Å². The minimum Gasteiger partial charge on any atom is -0.260 e. The van der Waals surface area contributed by atoms with E-state index in [0.717, 1.165) is 17.9 Å². The van der Waals surface area contributed by atoms with E-state index in [1.165, 1.54) is 0 Å². The van der Waals surface area contributed by atoms with Crippen LogP contribution in [0.25, 0.3) is 0 Å². The monoisotopic (exact) mass is 196 g/mol. The molecule has 0 aliphatic carbocycles. The van der Waals surface area contributed by atoms with Crippen molar-refractivity contribution in [1.29, 1.82) is 0 Å². The Morgan fingerprint density at radius 2 is 1.27 bits per heavy atom. The van der Waals surface area contributed by atoms with Crippen LogP contribution in [0.3, 0.4) is 0 Å². The Bertz CT molecular complexity index is 129. The molecule has 68 valence electrons. The van der Waals surface area contributed by atoms with E-state index in [9.17, 15) is 8.42 Å². The highest BCUT2D eigenvalue weighted by Gasteiger charge is 1.98. The standard InChI is InChI=1S/C7H16O2S2/c1-3-10(8)6-5-7-11(9)4-2/h3-7H2,1-2H3. The third-order valence-corrected chi connectivity index (χ3v) is 4.16. The fourth-order valence-electron chi connectivity index (χ4n) is 0.670. The zero-order valence-electron chi connectivity index (χ0n) is 7.17. The largest absolute Gasteiger partial charge is 0.260 e. The summed E-state index contributed by atoms with van der Waals surface area (Å²) in [7, 11) is -1.36. The maximum absolute atomic E-state index is 10.9. The molecule has 2 nitrogen and oxygen atoms in total. The fraction of sp³-hybridized carbons (Fsp3) is 1.00. The van der Waals surface area contributed by atoms with E-state index in [1.54, 1.807) is 0 Å². The van der Waals surface area contributed by atoms with Crippen LogP contribution in [-0.2, 0) is 21.6 Å². The van der Waals surface area contributed by atoms with Crippen LogP contribution in [0.15, 0.2) is 0 Å². The first-order valence-electron chi connectivity index (χ1n) is 3.90. The molecule has 0 saturated carbocycles. The van der Waals surface area contributed by atoms with Crippen molar-refractivity contribution in [2.75, 3.05) is 23.0 Å². The summed E-state index contributed by atoms with van der Waals surface area (Å²) >= 11 is 0. The van der Waals surface area contributed by atoms with Crippen molar-refractivity contribution >= 4 is 21.6 Å². The van der Waals surface area contributed by atoms with Gasteiger partial charge in [0.05, 0.1) is 0 Å². The van der Waals surface area contributed by atoms with Crippen molar-refractivity contribution in [1.82, 2.24) is 0 Å². The molecule has 0 aliphatic heterocycles. The molecule has 0 bridgehead atoms. The number of rotatable bonds is 6. The summed E-state index contributed by atoms with van der Waals surface area (Å²) in [5.74, 6) is 2.86. The molecule has 4 heteroatoms. The fourth-order valence-corrected chi connectivity index (χ4v) is 2.36. The summed E-state index contributed by atoms with van der Waals surface area (Å²) in [6.45, 7) is 3.82. The van der Waals surface area contributed by atoms with E-state index in [-0.39, 0.29) is 0 Å². The molecule has 0 aromatic rings. The van der Waals surface area contributed by atoms with Crippen LogP contribution in [0.5, 0.6) is 0 Å². The predicted octanol–water partition coefficient (Wildman–Crippen LogP) is 0.914. The van der Waals surface area contributed by atoms with Gasteiger partial charge in [0.2, 0.25) is 0 Å². The smallest absolute Gasteiger partial charge is 0.0243 e. The highest BCUT2D eigenvalue weighted by atomic mass is 32.2. The molecule has 0 amide bonds. The zero-order chi connectivity index (χ0) is 8.69. The summed E-state index contributed by atoms with van der Waals surface area (Å²) in [5.41, 5.74) is 0. The molecule has 2 atom stereocenters. The van der Waals surface area contributed by atoms with E-state index in [0.29, 0.717) is 11.5 Å². The average Bonchev–Trinajstić information content (AvgIpc) is 2.04. The van der Waals surface area contributed by atoms with Crippen molar-refractivity contribution in [3.8, 4) is 0 Å². The quantitative estimate of drug-likeness (QED) is 0.633. The molecule has 0 saturated heterocycles. The molecule has 0 radical (unpaired) electrons. The minimum atomic E-state index is -0.680. The normalized spacial score (nSPS) is 16.2. The highest BCUT2D eigenvalue weighted by molar-refractivity contribution is 7.85. The highest BCUT2D eigenvalue weighted by Crippen LogP contribution is 1.91. The maximum atomic E-state index is 10.9. The lowest BCUT2D eigenvalue weighted by Gasteiger charge is -1.97. The summed E-state index contributed by atoms with van der Waals surface area (Å²) in [6.07, 6.45) is 0.834. The first kappa shape index (κ1) is 11.3. The Balaban J connectivity index is 3.27. The van der Waals surface area contributed by atoms with Crippen molar-refractivity contribution in [2.45, 2.75) is 20.3 Å². The van der Waals surface area contributed by atoms with E-state index in [2.05, 4.69) is 0 Å². The predicted molar refractivity (Wildman–Crippen MR) is 51.7 cm³/mol. The summed E-state index contributed by atoms with van der Waals surface area (Å²) < 4.78 is 21.8. The molecular formula is C7H16O2S2. The first-order chi connectivity index (χ1) is 5.20. The second-order valence-corrected chi connectivity index (χ2v) is 5.95. The molecule has 0 aromatic carbocycles. The van der Waals surface area contributed by atoms with Gasteiger partial charge in [0, 0.05) is 44.6 Å². The van der Waals surface area contributed by atoms with Gasteiger partial charge >= 0.3 is 0 Å². The van der Waals surface area contributed by atoms with Crippen molar-refractivity contribution in [3.05, 3.63) is 0 Å². The van der Waals surface area contributed by atoms with E-state index in [1.807, 2.05) is 13.8 Å². The third-order valence-electron chi connectivity index (χ3n) is 1.39. The van der Waals surface area contributed by atoms with Crippen LogP contribution in [-0.4, -0.2) is 31.4 Å². The van der Waals surface area contributed by atoms with Crippen LogP contribution in [0.4, 0.5) is 0 Å². The van der Waals surface area contributed by atoms with Gasteiger partial charge in [-0.05, 0) is 6.42 Å². The summed E-state index contributed by atoms with van der Waals surface area (Å²) in [5, 5.41) is 0. The average molecular weight is 196 g/mol. The van der Waals surface area contributed by atoms with Gasteiger partial charge < -0.3 is 0 Å². The van der Waals surface area contributed by atoms with Crippen LogP contribution in [0.2, 0.25) is 0 Å². The molecule has 0 heterocycles. The van der Waals surface area contributed by atoms with Crippen molar-refractivity contribution in [2.24, 2.45) is 0 Å². The van der Waals surface area contributed by atoms with Gasteiger partial charge in [-0.3, -0.25) is 8.42 Å². The minimum absolute atomic E-state index is 0.680. The van der Waals surface area contributed by atoms with Gasteiger partial charge in [-0.2, -0.15) is 0 Å². The van der Waals surface area contributed by atoms with Gasteiger partial charge in [-0.15, -0.1) is 0 Å². The Morgan fingerprint density at radius 1 is 0.909 bits per heavy atom. The van der Waals surface area contributed by atoms with Gasteiger partial charge in [0.1, 0.15) is 0 Å². The molecule has 2 unspecified atom stereocenters. The first-order valence-corrected chi connectivity index (χ1v) is 6.88. The number of hydrogen-bond donors (Lipinski definition) is 0. The Labute approximate surface area is 73.7 Å². The molecule has 0 fully saturated rings. The Kier molecular flexibility index (Phi) is 7.17. The lowest BCUT2D eigenvalue weighted by molar-refractivity contribution is 0.679. The van der Waals surface area contributed by atoms with E-state index in [4.69, 9.17) is 0 Å². The lowest BCUT2D eigenvalue weighted by atomic mass is 10.6. The van der Waals surface area contributed by atoms with Crippen molar-refractivity contribution in [3.63, 3.8) is 0 Å². The molecular weight excluding hydrogens is 180 g/mol. The number of hydrogen-bond acceptors (Lipinski definition) is 2. The van der Waals surface area contributed by atoms with Crippen LogP contribution >= 0.6 is 0 Å². The Hall–Kier alpha value is 0.300. The molecule has 0 rings (SSSR count). The van der Waals surface area contributed by atoms with Gasteiger partial charge in [0.25, 0.3) is 0 Å². The second kappa shape index (κ2) is 6.98. The molecule has 0 spiro atoms. The van der Waals surface area contributed by atoms with Gasteiger partial charge in [-0.1, -0.05) is 13.8 Å². The second-order valence-electron chi connectivity index (χ2n) is 2.22. The lowest BCUT2D eigenvalue weighted by Crippen LogP contribution is -2.06. The zero-order valence-corrected chi connectivity index (χ0v) is 8.80.